The molecule has 1 aromatic rings. The molecule has 4 heteroatoms. The fraction of sp³-hybridized carbons (Fsp3) is 0.562. The second-order valence-electron chi connectivity index (χ2n) is 5.75. The van der Waals surface area contributed by atoms with Crippen molar-refractivity contribution >= 4 is 21.8 Å². The first-order valence-corrected chi connectivity index (χ1v) is 8.23. The normalized spacial score (nSPS) is 23.2. The van der Waals surface area contributed by atoms with Gasteiger partial charge in [0.15, 0.2) is 0 Å². The molecule has 2 fully saturated rings. The molecule has 1 saturated carbocycles. The van der Waals surface area contributed by atoms with Gasteiger partial charge in [-0.05, 0) is 49.9 Å². The van der Waals surface area contributed by atoms with E-state index in [1.807, 2.05) is 29.2 Å². The van der Waals surface area contributed by atoms with Gasteiger partial charge in [0.05, 0.1) is 6.54 Å². The molecule has 3 nitrogen and oxygen atoms in total. The van der Waals surface area contributed by atoms with Crippen molar-refractivity contribution < 1.29 is 9.53 Å². The molecular weight excluding hydrogens is 318 g/mol. The molecule has 2 aliphatic rings. The standard InChI is InChI=1S/C16H20BrNO2/c17-13-6-8-14(9-7-13)20-15-5-2-10-18(11-15)16(19)12-3-1-4-12/h6-9,12,15H,1-5,10-11H2. The highest BCUT2D eigenvalue weighted by Crippen LogP contribution is 2.30. The smallest absolute Gasteiger partial charge is 0.225 e. The molecule has 0 radical (unpaired) electrons. The van der Waals surface area contributed by atoms with E-state index >= 15 is 0 Å². The van der Waals surface area contributed by atoms with Gasteiger partial charge in [-0.25, -0.2) is 0 Å². The fourth-order valence-corrected chi connectivity index (χ4v) is 3.12. The van der Waals surface area contributed by atoms with E-state index in [4.69, 9.17) is 4.74 Å². The molecule has 1 heterocycles. The van der Waals surface area contributed by atoms with Crippen molar-refractivity contribution in [2.24, 2.45) is 5.92 Å². The van der Waals surface area contributed by atoms with E-state index in [0.717, 1.165) is 49.0 Å². The largest absolute Gasteiger partial charge is 0.489 e. The Balaban J connectivity index is 1.57. The van der Waals surface area contributed by atoms with Crippen LogP contribution in [0, 0.1) is 5.92 Å². The third-order valence-electron chi connectivity index (χ3n) is 4.26. The zero-order valence-corrected chi connectivity index (χ0v) is 13.1. The lowest BCUT2D eigenvalue weighted by atomic mass is 9.84. The summed E-state index contributed by atoms with van der Waals surface area (Å²) in [4.78, 5) is 14.3. The molecule has 1 amide bonds. The van der Waals surface area contributed by atoms with Crippen LogP contribution in [0.15, 0.2) is 28.7 Å². The molecule has 20 heavy (non-hydrogen) atoms. The van der Waals surface area contributed by atoms with Crippen LogP contribution in [0.3, 0.4) is 0 Å². The predicted octanol–water partition coefficient (Wildman–Crippen LogP) is 3.62. The minimum Gasteiger partial charge on any atom is -0.489 e. The lowest BCUT2D eigenvalue weighted by Crippen LogP contribution is -2.47. The molecule has 1 atom stereocenters. The van der Waals surface area contributed by atoms with Crippen LogP contribution < -0.4 is 4.74 Å². The van der Waals surface area contributed by atoms with E-state index in [-0.39, 0.29) is 6.10 Å². The summed E-state index contributed by atoms with van der Waals surface area (Å²) < 4.78 is 7.06. The third kappa shape index (κ3) is 3.17. The summed E-state index contributed by atoms with van der Waals surface area (Å²) in [5.41, 5.74) is 0. The van der Waals surface area contributed by atoms with Gasteiger partial charge in [0, 0.05) is 16.9 Å². The van der Waals surface area contributed by atoms with Crippen LogP contribution in [0.25, 0.3) is 0 Å². The predicted molar refractivity (Wildman–Crippen MR) is 81.7 cm³/mol. The minimum atomic E-state index is 0.133. The molecule has 0 spiro atoms. The van der Waals surface area contributed by atoms with Crippen molar-refractivity contribution in [1.29, 1.82) is 0 Å². The SMILES string of the molecule is O=C(C1CCC1)N1CCCC(Oc2ccc(Br)cc2)C1. The quantitative estimate of drug-likeness (QED) is 0.842. The fourth-order valence-electron chi connectivity index (χ4n) is 2.85. The van der Waals surface area contributed by atoms with Crippen molar-refractivity contribution in [3.63, 3.8) is 0 Å². The lowest BCUT2D eigenvalue weighted by molar-refractivity contribution is -0.140. The van der Waals surface area contributed by atoms with Crippen LogP contribution in [-0.4, -0.2) is 30.0 Å². The maximum absolute atomic E-state index is 12.3. The summed E-state index contributed by atoms with van der Waals surface area (Å²) in [5, 5.41) is 0. The van der Waals surface area contributed by atoms with Gasteiger partial charge in [0.1, 0.15) is 11.9 Å². The lowest BCUT2D eigenvalue weighted by Gasteiger charge is -2.37. The first kappa shape index (κ1) is 13.9. The minimum absolute atomic E-state index is 0.133. The van der Waals surface area contributed by atoms with Crippen LogP contribution in [0.1, 0.15) is 32.1 Å². The number of carbonyl (C=O) groups is 1. The molecule has 1 aliphatic heterocycles. The first-order chi connectivity index (χ1) is 9.72. The summed E-state index contributed by atoms with van der Waals surface area (Å²) in [6, 6.07) is 7.90. The second kappa shape index (κ2) is 6.17. The average Bonchev–Trinajstić information content (AvgIpc) is 2.40. The maximum Gasteiger partial charge on any atom is 0.225 e. The molecule has 1 aliphatic carbocycles. The number of likely N-dealkylation sites (tertiary alicyclic amines) is 1. The zero-order chi connectivity index (χ0) is 13.9. The van der Waals surface area contributed by atoms with Crippen molar-refractivity contribution in [2.75, 3.05) is 13.1 Å². The Kier molecular flexibility index (Phi) is 4.29. The van der Waals surface area contributed by atoms with Gasteiger partial charge in [0.2, 0.25) is 5.91 Å². The van der Waals surface area contributed by atoms with Gasteiger partial charge in [0.25, 0.3) is 0 Å². The Morgan fingerprint density at radius 1 is 1.15 bits per heavy atom. The number of amides is 1. The van der Waals surface area contributed by atoms with E-state index < -0.39 is 0 Å². The second-order valence-corrected chi connectivity index (χ2v) is 6.66. The van der Waals surface area contributed by atoms with Crippen LogP contribution >= 0.6 is 15.9 Å². The topological polar surface area (TPSA) is 29.5 Å². The number of nitrogens with zero attached hydrogens (tertiary/aromatic N) is 1. The van der Waals surface area contributed by atoms with Crippen molar-refractivity contribution in [3.05, 3.63) is 28.7 Å². The summed E-state index contributed by atoms with van der Waals surface area (Å²) in [5.74, 6) is 1.53. The third-order valence-corrected chi connectivity index (χ3v) is 4.79. The highest BCUT2D eigenvalue weighted by atomic mass is 79.9. The molecule has 1 saturated heterocycles. The number of piperidine rings is 1. The number of ether oxygens (including phenoxy) is 1. The summed E-state index contributed by atoms with van der Waals surface area (Å²) in [6.45, 7) is 1.64. The van der Waals surface area contributed by atoms with Crippen molar-refractivity contribution in [2.45, 2.75) is 38.2 Å². The van der Waals surface area contributed by atoms with Crippen molar-refractivity contribution in [3.8, 4) is 5.75 Å². The highest BCUT2D eigenvalue weighted by Gasteiger charge is 2.32. The summed E-state index contributed by atoms with van der Waals surface area (Å²) >= 11 is 3.42. The van der Waals surface area contributed by atoms with Gasteiger partial charge in [-0.1, -0.05) is 22.4 Å². The van der Waals surface area contributed by atoms with Gasteiger partial charge in [-0.3, -0.25) is 4.79 Å². The van der Waals surface area contributed by atoms with Gasteiger partial charge < -0.3 is 9.64 Å². The number of hydrogen-bond donors (Lipinski definition) is 0. The Morgan fingerprint density at radius 3 is 2.55 bits per heavy atom. The van der Waals surface area contributed by atoms with Crippen LogP contribution in [0.5, 0.6) is 5.75 Å². The molecule has 0 bridgehead atoms. The number of rotatable bonds is 3. The van der Waals surface area contributed by atoms with Crippen molar-refractivity contribution in [1.82, 2.24) is 4.90 Å². The number of benzene rings is 1. The zero-order valence-electron chi connectivity index (χ0n) is 11.6. The molecule has 1 aromatic carbocycles. The van der Waals surface area contributed by atoms with Crippen LogP contribution in [0.2, 0.25) is 0 Å². The number of halogens is 1. The average molecular weight is 338 g/mol. The van der Waals surface area contributed by atoms with E-state index in [9.17, 15) is 4.79 Å². The Labute approximate surface area is 128 Å². The van der Waals surface area contributed by atoms with E-state index in [1.165, 1.54) is 6.42 Å². The monoisotopic (exact) mass is 337 g/mol. The molecule has 0 N–H and O–H groups in total. The van der Waals surface area contributed by atoms with Crippen LogP contribution in [0.4, 0.5) is 0 Å². The summed E-state index contributed by atoms with van der Waals surface area (Å²) in [7, 11) is 0. The van der Waals surface area contributed by atoms with E-state index in [0.29, 0.717) is 11.8 Å². The Hall–Kier alpha value is -1.03. The van der Waals surface area contributed by atoms with Gasteiger partial charge >= 0.3 is 0 Å². The van der Waals surface area contributed by atoms with E-state index in [2.05, 4.69) is 15.9 Å². The number of carbonyl (C=O) groups excluding carboxylic acids is 1. The molecule has 3 rings (SSSR count). The molecule has 1 unspecified atom stereocenters. The van der Waals surface area contributed by atoms with Crippen LogP contribution in [-0.2, 0) is 4.79 Å². The maximum atomic E-state index is 12.3. The Morgan fingerprint density at radius 2 is 1.90 bits per heavy atom. The Bertz CT molecular complexity index is 470. The van der Waals surface area contributed by atoms with Gasteiger partial charge in [-0.15, -0.1) is 0 Å². The number of hydrogen-bond acceptors (Lipinski definition) is 2. The van der Waals surface area contributed by atoms with E-state index in [1.54, 1.807) is 0 Å². The molecule has 0 aromatic heterocycles. The summed E-state index contributed by atoms with van der Waals surface area (Å²) in [6.07, 6.45) is 5.57. The molecular formula is C16H20BrNO2. The molecule has 108 valence electrons. The van der Waals surface area contributed by atoms with Gasteiger partial charge in [-0.2, -0.15) is 0 Å². The first-order valence-electron chi connectivity index (χ1n) is 7.43. The highest BCUT2D eigenvalue weighted by molar-refractivity contribution is 9.10.